The lowest BCUT2D eigenvalue weighted by molar-refractivity contribution is 0.0774. The van der Waals surface area contributed by atoms with Crippen molar-refractivity contribution in [1.82, 2.24) is 4.90 Å². The van der Waals surface area contributed by atoms with Crippen LogP contribution in [0, 0.1) is 6.92 Å². The van der Waals surface area contributed by atoms with Crippen LogP contribution >= 0.6 is 11.6 Å². The van der Waals surface area contributed by atoms with E-state index >= 15 is 0 Å². The molecule has 116 valence electrons. The molecule has 2 rings (SSSR count). The van der Waals surface area contributed by atoms with Gasteiger partial charge in [0.25, 0.3) is 5.91 Å². The second-order valence-electron chi connectivity index (χ2n) is 5.05. The van der Waals surface area contributed by atoms with Crippen molar-refractivity contribution < 1.29 is 14.6 Å². The molecule has 2 aromatic carbocycles. The van der Waals surface area contributed by atoms with Crippen LogP contribution in [0.3, 0.4) is 0 Å². The van der Waals surface area contributed by atoms with Crippen LogP contribution in [0.25, 0.3) is 0 Å². The van der Waals surface area contributed by atoms with E-state index in [0.717, 1.165) is 5.75 Å². The minimum atomic E-state index is -0.172. The first-order valence-corrected chi connectivity index (χ1v) is 7.28. The Morgan fingerprint density at radius 2 is 1.91 bits per heavy atom. The predicted molar refractivity (Wildman–Crippen MR) is 86.8 cm³/mol. The number of amides is 1. The summed E-state index contributed by atoms with van der Waals surface area (Å²) in [6.07, 6.45) is 0. The van der Waals surface area contributed by atoms with Gasteiger partial charge in [-0.1, -0.05) is 29.3 Å². The second kappa shape index (κ2) is 7.18. The van der Waals surface area contributed by atoms with Crippen molar-refractivity contribution in [3.63, 3.8) is 0 Å². The van der Waals surface area contributed by atoms with E-state index in [4.69, 9.17) is 16.3 Å². The van der Waals surface area contributed by atoms with Gasteiger partial charge in [-0.25, -0.2) is 0 Å². The molecule has 0 aromatic heterocycles. The van der Waals surface area contributed by atoms with Gasteiger partial charge in [0.2, 0.25) is 0 Å². The van der Waals surface area contributed by atoms with Crippen LogP contribution in [-0.2, 0) is 0 Å². The summed E-state index contributed by atoms with van der Waals surface area (Å²) in [6, 6.07) is 12.2. The summed E-state index contributed by atoms with van der Waals surface area (Å²) in [7, 11) is 1.70. The van der Waals surface area contributed by atoms with Gasteiger partial charge in [-0.3, -0.25) is 4.79 Å². The number of rotatable bonds is 5. The number of hydrogen-bond donors (Lipinski definition) is 1. The molecular formula is C17H18ClNO3. The highest BCUT2D eigenvalue weighted by Gasteiger charge is 2.13. The second-order valence-corrected chi connectivity index (χ2v) is 5.46. The van der Waals surface area contributed by atoms with Gasteiger partial charge in [-0.2, -0.15) is 0 Å². The molecule has 0 unspecified atom stereocenters. The molecule has 0 saturated carbocycles. The SMILES string of the molecule is Cc1ccc(OCCN(C)C(=O)c2ccc(O)c(Cl)c2)cc1. The third kappa shape index (κ3) is 4.15. The van der Waals surface area contributed by atoms with Gasteiger partial charge in [0, 0.05) is 12.6 Å². The Balaban J connectivity index is 1.88. The minimum absolute atomic E-state index is 0.0384. The molecule has 0 aliphatic heterocycles. The molecule has 0 aliphatic carbocycles. The third-order valence-electron chi connectivity index (χ3n) is 3.26. The fourth-order valence-electron chi connectivity index (χ4n) is 1.90. The van der Waals surface area contributed by atoms with Crippen LogP contribution in [0.2, 0.25) is 5.02 Å². The first-order chi connectivity index (χ1) is 10.5. The Morgan fingerprint density at radius 1 is 1.23 bits per heavy atom. The summed E-state index contributed by atoms with van der Waals surface area (Å²) in [5.41, 5.74) is 1.60. The van der Waals surface area contributed by atoms with Gasteiger partial charge in [0.05, 0.1) is 11.6 Å². The average molecular weight is 320 g/mol. The first kappa shape index (κ1) is 16.2. The molecule has 0 aliphatic rings. The van der Waals surface area contributed by atoms with Gasteiger partial charge in [-0.05, 0) is 37.3 Å². The zero-order valence-electron chi connectivity index (χ0n) is 12.5. The van der Waals surface area contributed by atoms with E-state index in [1.54, 1.807) is 18.0 Å². The van der Waals surface area contributed by atoms with Crippen molar-refractivity contribution in [1.29, 1.82) is 0 Å². The largest absolute Gasteiger partial charge is 0.506 e. The number of likely N-dealkylation sites (N-methyl/N-ethyl adjacent to an activating group) is 1. The molecule has 4 nitrogen and oxygen atoms in total. The lowest BCUT2D eigenvalue weighted by Gasteiger charge is -2.18. The molecule has 5 heteroatoms. The van der Waals surface area contributed by atoms with E-state index in [1.807, 2.05) is 31.2 Å². The van der Waals surface area contributed by atoms with E-state index in [-0.39, 0.29) is 16.7 Å². The number of carbonyl (C=O) groups is 1. The maximum atomic E-state index is 12.2. The minimum Gasteiger partial charge on any atom is -0.506 e. The van der Waals surface area contributed by atoms with Crippen LogP contribution in [0.5, 0.6) is 11.5 Å². The number of phenols is 1. The molecule has 1 amide bonds. The van der Waals surface area contributed by atoms with Crippen LogP contribution < -0.4 is 4.74 Å². The van der Waals surface area contributed by atoms with Gasteiger partial charge in [-0.15, -0.1) is 0 Å². The lowest BCUT2D eigenvalue weighted by atomic mass is 10.2. The number of aryl methyl sites for hydroxylation is 1. The molecule has 0 spiro atoms. The molecule has 22 heavy (non-hydrogen) atoms. The summed E-state index contributed by atoms with van der Waals surface area (Å²) in [6.45, 7) is 2.86. The summed E-state index contributed by atoms with van der Waals surface area (Å²) in [4.78, 5) is 13.8. The normalized spacial score (nSPS) is 10.3. The summed E-state index contributed by atoms with van der Waals surface area (Å²) in [5, 5.41) is 9.54. The summed E-state index contributed by atoms with van der Waals surface area (Å²) in [5.74, 6) is 0.567. The number of halogens is 1. The fraction of sp³-hybridized carbons (Fsp3) is 0.235. The highest BCUT2D eigenvalue weighted by molar-refractivity contribution is 6.32. The molecule has 1 N–H and O–H groups in total. The molecular weight excluding hydrogens is 302 g/mol. The Bertz CT molecular complexity index is 655. The monoisotopic (exact) mass is 319 g/mol. The Hall–Kier alpha value is -2.20. The summed E-state index contributed by atoms with van der Waals surface area (Å²) < 4.78 is 5.60. The van der Waals surface area contributed by atoms with Crippen LogP contribution in [0.4, 0.5) is 0 Å². The molecule has 0 saturated heterocycles. The van der Waals surface area contributed by atoms with Gasteiger partial charge >= 0.3 is 0 Å². The number of nitrogens with zero attached hydrogens (tertiary/aromatic N) is 1. The topological polar surface area (TPSA) is 49.8 Å². The van der Waals surface area contributed by atoms with Crippen molar-refractivity contribution in [2.45, 2.75) is 6.92 Å². The number of benzene rings is 2. The van der Waals surface area contributed by atoms with Gasteiger partial charge in [0.1, 0.15) is 18.1 Å². The van der Waals surface area contributed by atoms with Crippen molar-refractivity contribution in [2.75, 3.05) is 20.2 Å². The van der Waals surface area contributed by atoms with Crippen molar-refractivity contribution in [3.8, 4) is 11.5 Å². The molecule has 2 aromatic rings. The number of ether oxygens (including phenoxy) is 1. The Kier molecular flexibility index (Phi) is 5.28. The number of hydrogen-bond acceptors (Lipinski definition) is 3. The van der Waals surface area contributed by atoms with Crippen LogP contribution in [0.1, 0.15) is 15.9 Å². The number of aromatic hydroxyl groups is 1. The Morgan fingerprint density at radius 3 is 2.55 bits per heavy atom. The number of carbonyl (C=O) groups excluding carboxylic acids is 1. The molecule has 0 atom stereocenters. The Labute approximate surface area is 134 Å². The smallest absolute Gasteiger partial charge is 0.253 e. The maximum Gasteiger partial charge on any atom is 0.253 e. The van der Waals surface area contributed by atoms with Crippen molar-refractivity contribution in [3.05, 3.63) is 58.6 Å². The predicted octanol–water partition coefficient (Wildman–Crippen LogP) is 3.51. The van der Waals surface area contributed by atoms with E-state index in [0.29, 0.717) is 18.7 Å². The fourth-order valence-corrected chi connectivity index (χ4v) is 2.08. The first-order valence-electron chi connectivity index (χ1n) is 6.91. The van der Waals surface area contributed by atoms with Crippen LogP contribution in [0.15, 0.2) is 42.5 Å². The van der Waals surface area contributed by atoms with E-state index in [9.17, 15) is 9.90 Å². The van der Waals surface area contributed by atoms with E-state index in [2.05, 4.69) is 0 Å². The van der Waals surface area contributed by atoms with Crippen molar-refractivity contribution >= 4 is 17.5 Å². The summed E-state index contributed by atoms with van der Waals surface area (Å²) >= 11 is 5.81. The van der Waals surface area contributed by atoms with Gasteiger partial charge < -0.3 is 14.7 Å². The molecule has 0 heterocycles. The maximum absolute atomic E-state index is 12.2. The standard InChI is InChI=1S/C17H18ClNO3/c1-12-3-6-14(7-4-12)22-10-9-19(2)17(21)13-5-8-16(20)15(18)11-13/h3-8,11,20H,9-10H2,1-2H3. The molecule has 0 radical (unpaired) electrons. The van der Waals surface area contributed by atoms with Crippen molar-refractivity contribution in [2.24, 2.45) is 0 Å². The molecule has 0 bridgehead atoms. The lowest BCUT2D eigenvalue weighted by Crippen LogP contribution is -2.30. The average Bonchev–Trinajstić information content (AvgIpc) is 2.51. The quantitative estimate of drug-likeness (QED) is 0.917. The zero-order valence-corrected chi connectivity index (χ0v) is 13.3. The molecule has 0 fully saturated rings. The highest BCUT2D eigenvalue weighted by Crippen LogP contribution is 2.24. The highest BCUT2D eigenvalue weighted by atomic mass is 35.5. The van der Waals surface area contributed by atoms with Crippen LogP contribution in [-0.4, -0.2) is 36.1 Å². The van der Waals surface area contributed by atoms with E-state index < -0.39 is 0 Å². The van der Waals surface area contributed by atoms with E-state index in [1.165, 1.54) is 17.7 Å². The number of phenolic OH excluding ortho intramolecular Hbond substituents is 1. The zero-order chi connectivity index (χ0) is 16.1. The third-order valence-corrected chi connectivity index (χ3v) is 3.56. The van der Waals surface area contributed by atoms with Gasteiger partial charge in [0.15, 0.2) is 0 Å².